The van der Waals surface area contributed by atoms with Gasteiger partial charge in [0.15, 0.2) is 0 Å². The Morgan fingerprint density at radius 1 is 0.810 bits per heavy atom. The highest BCUT2D eigenvalue weighted by molar-refractivity contribution is 6.19. The van der Waals surface area contributed by atoms with E-state index in [2.05, 4.69) is 5.32 Å². The van der Waals surface area contributed by atoms with E-state index in [1.54, 1.807) is 0 Å². The quantitative estimate of drug-likeness (QED) is 0.401. The van der Waals surface area contributed by atoms with E-state index in [-0.39, 0.29) is 25.0 Å². The molecule has 1 heterocycles. The van der Waals surface area contributed by atoms with Crippen LogP contribution < -0.4 is 5.32 Å². The molecule has 0 atom stereocenters. The minimum Gasteiger partial charge on any atom is -0.394 e. The molecule has 0 radical (unpaired) electrons. The van der Waals surface area contributed by atoms with Gasteiger partial charge in [-0.1, -0.05) is 13.8 Å². The summed E-state index contributed by atoms with van der Waals surface area (Å²) in [7, 11) is 0. The highest BCUT2D eigenvalue weighted by Crippen LogP contribution is 2.17. The molecule has 21 heavy (non-hydrogen) atoms. The number of nitrogens with one attached hydrogen (secondary N) is 1. The van der Waals surface area contributed by atoms with Crippen molar-refractivity contribution in [1.29, 1.82) is 0 Å². The van der Waals surface area contributed by atoms with Gasteiger partial charge in [-0.2, -0.15) is 0 Å². The van der Waals surface area contributed by atoms with Crippen LogP contribution >= 0.6 is 0 Å². The van der Waals surface area contributed by atoms with E-state index in [9.17, 15) is 9.59 Å². The average Bonchev–Trinajstić information content (AvgIpc) is 2.76. The van der Waals surface area contributed by atoms with Crippen molar-refractivity contribution in [3.8, 4) is 0 Å². The van der Waals surface area contributed by atoms with Crippen molar-refractivity contribution in [3.63, 3.8) is 0 Å². The third-order valence-corrected chi connectivity index (χ3v) is 2.69. The molecule has 1 aliphatic heterocycles. The first-order chi connectivity index (χ1) is 10.1. The van der Waals surface area contributed by atoms with Gasteiger partial charge in [0, 0.05) is 11.1 Å². The van der Waals surface area contributed by atoms with Crippen LogP contribution in [-0.4, -0.2) is 61.7 Å². The number of hydrogen-bond acceptors (Lipinski definition) is 6. The molecule has 1 aliphatic rings. The lowest BCUT2D eigenvalue weighted by Crippen LogP contribution is -2.23. The Morgan fingerprint density at radius 3 is 1.48 bits per heavy atom. The fraction of sp³-hybridized carbons (Fsp3) is 0.714. The van der Waals surface area contributed by atoms with Crippen LogP contribution in [0.5, 0.6) is 0 Å². The number of rotatable bonds is 9. The van der Waals surface area contributed by atoms with Gasteiger partial charge < -0.3 is 19.7 Å². The molecule has 1 rings (SSSR count). The van der Waals surface area contributed by atoms with Crippen molar-refractivity contribution in [3.05, 3.63) is 11.1 Å². The second kappa shape index (κ2) is 12.5. The van der Waals surface area contributed by atoms with Crippen molar-refractivity contribution in [2.75, 3.05) is 39.6 Å². The highest BCUT2D eigenvalue weighted by Gasteiger charge is 2.26. The van der Waals surface area contributed by atoms with Crippen LogP contribution in [0.15, 0.2) is 11.1 Å². The first-order valence-corrected chi connectivity index (χ1v) is 7.07. The maximum atomic E-state index is 11.0. The Labute approximate surface area is 124 Å². The molecule has 0 aromatic rings. The van der Waals surface area contributed by atoms with E-state index in [0.29, 0.717) is 50.4 Å². The smallest absolute Gasteiger partial charge is 0.254 e. The van der Waals surface area contributed by atoms with Gasteiger partial charge in [0.05, 0.1) is 39.6 Å². The molecule has 122 valence electrons. The monoisotopic (exact) mass is 303 g/mol. The summed E-state index contributed by atoms with van der Waals surface area (Å²) in [6.45, 7) is 5.48. The van der Waals surface area contributed by atoms with Crippen LogP contribution in [0.4, 0.5) is 0 Å². The molecule has 2 amide bonds. The minimum absolute atomic E-state index is 0.0417. The minimum atomic E-state index is -0.214. The van der Waals surface area contributed by atoms with Crippen LogP contribution in [0.2, 0.25) is 0 Å². The normalized spacial score (nSPS) is 14.1. The van der Waals surface area contributed by atoms with Crippen molar-refractivity contribution >= 4 is 11.8 Å². The summed E-state index contributed by atoms with van der Waals surface area (Å²) in [5.41, 5.74) is 1.30. The number of aliphatic hydroxyl groups excluding tert-OH is 2. The fourth-order valence-corrected chi connectivity index (χ4v) is 1.73. The van der Waals surface area contributed by atoms with E-state index in [4.69, 9.17) is 19.7 Å². The van der Waals surface area contributed by atoms with Gasteiger partial charge in [-0.05, 0) is 12.8 Å². The Bertz CT molecular complexity index is 321. The molecule has 7 heteroatoms. The number of imide groups is 1. The molecule has 0 fully saturated rings. The van der Waals surface area contributed by atoms with Gasteiger partial charge in [-0.3, -0.25) is 14.9 Å². The molecule has 0 saturated heterocycles. The number of carbonyl (C=O) groups is 2. The Hall–Kier alpha value is -1.28. The Balaban J connectivity index is 0.000000384. The zero-order chi connectivity index (χ0) is 16.1. The van der Waals surface area contributed by atoms with Gasteiger partial charge in [0.1, 0.15) is 0 Å². The molecule has 0 spiro atoms. The topological polar surface area (TPSA) is 105 Å². The number of ether oxygens (including phenoxy) is 2. The summed E-state index contributed by atoms with van der Waals surface area (Å²) in [6, 6.07) is 0. The van der Waals surface area contributed by atoms with Crippen LogP contribution in [-0.2, 0) is 19.1 Å². The van der Waals surface area contributed by atoms with Gasteiger partial charge in [-0.25, -0.2) is 0 Å². The van der Waals surface area contributed by atoms with E-state index >= 15 is 0 Å². The zero-order valence-electron chi connectivity index (χ0n) is 12.7. The molecule has 0 aromatic carbocycles. The summed E-state index contributed by atoms with van der Waals surface area (Å²) in [5.74, 6) is -0.427. The second-order valence-electron chi connectivity index (χ2n) is 4.12. The van der Waals surface area contributed by atoms with Crippen LogP contribution in [0.25, 0.3) is 0 Å². The number of aliphatic hydroxyl groups is 2. The molecule has 0 bridgehead atoms. The highest BCUT2D eigenvalue weighted by atomic mass is 16.5. The van der Waals surface area contributed by atoms with Crippen LogP contribution in [0.1, 0.15) is 26.7 Å². The summed E-state index contributed by atoms with van der Waals surface area (Å²) in [6.07, 6.45) is 1.28. The lowest BCUT2D eigenvalue weighted by atomic mass is 10.1. The van der Waals surface area contributed by atoms with Gasteiger partial charge in [-0.15, -0.1) is 0 Å². The van der Waals surface area contributed by atoms with Crippen LogP contribution in [0, 0.1) is 0 Å². The van der Waals surface area contributed by atoms with Crippen molar-refractivity contribution in [2.24, 2.45) is 0 Å². The van der Waals surface area contributed by atoms with E-state index in [1.165, 1.54) is 0 Å². The van der Waals surface area contributed by atoms with E-state index in [0.717, 1.165) is 0 Å². The SMILES string of the molecule is CCC1=C(CC)C(=O)NC1=O.OCCOCCOCCO. The molecule has 0 saturated carbocycles. The molecule has 0 aromatic heterocycles. The standard InChI is InChI=1S/C8H11NO2.C6H14O4/c1-3-5-6(4-2)8(11)9-7(5)10;7-1-3-9-5-6-10-4-2-8/h3-4H2,1-2H3,(H,9,10,11);7-8H,1-6H2. The van der Waals surface area contributed by atoms with Gasteiger partial charge >= 0.3 is 0 Å². The summed E-state index contributed by atoms with van der Waals surface area (Å²) < 4.78 is 9.75. The van der Waals surface area contributed by atoms with Crippen molar-refractivity contribution in [1.82, 2.24) is 5.32 Å². The first kappa shape index (κ1) is 19.7. The van der Waals surface area contributed by atoms with Crippen LogP contribution in [0.3, 0.4) is 0 Å². The molecule has 7 nitrogen and oxygen atoms in total. The Kier molecular flexibility index (Phi) is 11.7. The molecule has 0 aliphatic carbocycles. The number of amides is 2. The third kappa shape index (κ3) is 7.91. The predicted octanol–water partition coefficient (Wildman–Crippen LogP) is -0.236. The summed E-state index contributed by atoms with van der Waals surface area (Å²) in [5, 5.41) is 18.8. The largest absolute Gasteiger partial charge is 0.394 e. The number of carbonyl (C=O) groups excluding carboxylic acids is 2. The van der Waals surface area contributed by atoms with Gasteiger partial charge in [0.2, 0.25) is 0 Å². The Morgan fingerprint density at radius 2 is 1.19 bits per heavy atom. The van der Waals surface area contributed by atoms with E-state index in [1.807, 2.05) is 13.8 Å². The zero-order valence-corrected chi connectivity index (χ0v) is 12.7. The van der Waals surface area contributed by atoms with Crippen molar-refractivity contribution in [2.45, 2.75) is 26.7 Å². The van der Waals surface area contributed by atoms with E-state index < -0.39 is 0 Å². The number of hydrogen-bond donors (Lipinski definition) is 3. The predicted molar refractivity (Wildman–Crippen MR) is 76.6 cm³/mol. The third-order valence-electron chi connectivity index (χ3n) is 2.69. The molecular weight excluding hydrogens is 278 g/mol. The maximum absolute atomic E-state index is 11.0. The second-order valence-corrected chi connectivity index (χ2v) is 4.12. The van der Waals surface area contributed by atoms with Crippen molar-refractivity contribution < 1.29 is 29.3 Å². The lowest BCUT2D eigenvalue weighted by molar-refractivity contribution is -0.124. The maximum Gasteiger partial charge on any atom is 0.254 e. The first-order valence-electron chi connectivity index (χ1n) is 7.07. The lowest BCUT2D eigenvalue weighted by Gasteiger charge is -2.01. The molecule has 3 N–H and O–H groups in total. The summed E-state index contributed by atoms with van der Waals surface area (Å²) >= 11 is 0. The fourth-order valence-electron chi connectivity index (χ4n) is 1.73. The molecule has 0 unspecified atom stereocenters. The summed E-state index contributed by atoms with van der Waals surface area (Å²) in [4.78, 5) is 22.0. The van der Waals surface area contributed by atoms with Gasteiger partial charge in [0.25, 0.3) is 11.8 Å². The average molecular weight is 303 g/mol. The molecular formula is C14H25NO6.